The Balaban J connectivity index is 1.78. The first-order chi connectivity index (χ1) is 11.7. The van der Waals surface area contributed by atoms with Gasteiger partial charge in [0.05, 0.1) is 7.11 Å². The van der Waals surface area contributed by atoms with Gasteiger partial charge in [-0.3, -0.25) is 4.79 Å². The molecule has 0 spiro atoms. The maximum Gasteiger partial charge on any atom is 0.313 e. The first-order valence-corrected chi connectivity index (χ1v) is 7.58. The highest BCUT2D eigenvalue weighted by Crippen LogP contribution is 2.22. The molecule has 0 aliphatic carbocycles. The van der Waals surface area contributed by atoms with Gasteiger partial charge in [0.2, 0.25) is 5.89 Å². The van der Waals surface area contributed by atoms with Gasteiger partial charge in [0, 0.05) is 11.3 Å². The van der Waals surface area contributed by atoms with Gasteiger partial charge >= 0.3 is 11.8 Å². The summed E-state index contributed by atoms with van der Waals surface area (Å²) in [4.78, 5) is 12.3. The molecular formula is C18H17N3O3. The average molecular weight is 323 g/mol. The molecule has 1 aromatic heterocycles. The Morgan fingerprint density at radius 2 is 1.88 bits per heavy atom. The Labute approximate surface area is 139 Å². The summed E-state index contributed by atoms with van der Waals surface area (Å²) in [6, 6.07) is 14.8. The van der Waals surface area contributed by atoms with Gasteiger partial charge in [-0.1, -0.05) is 25.1 Å². The summed E-state index contributed by atoms with van der Waals surface area (Å²) in [7, 11) is 1.60. The van der Waals surface area contributed by atoms with Crippen LogP contribution in [0.15, 0.2) is 52.9 Å². The van der Waals surface area contributed by atoms with E-state index in [0.29, 0.717) is 0 Å². The van der Waals surface area contributed by atoms with E-state index in [2.05, 4.69) is 15.5 Å². The van der Waals surface area contributed by atoms with Crippen LogP contribution in [-0.4, -0.2) is 23.2 Å². The van der Waals surface area contributed by atoms with Crippen LogP contribution in [0.3, 0.4) is 0 Å². The molecule has 24 heavy (non-hydrogen) atoms. The van der Waals surface area contributed by atoms with Gasteiger partial charge in [-0.15, -0.1) is 10.2 Å². The number of benzene rings is 2. The zero-order valence-corrected chi connectivity index (χ0v) is 13.4. The molecule has 1 N–H and O–H groups in total. The second-order valence-electron chi connectivity index (χ2n) is 5.11. The molecule has 0 aliphatic heterocycles. The number of ether oxygens (including phenoxy) is 1. The van der Waals surface area contributed by atoms with Gasteiger partial charge in [-0.2, -0.15) is 0 Å². The SMILES string of the molecule is CCc1ccccc1NC(=O)c1nnc(-c2ccc(OC)cc2)o1. The summed E-state index contributed by atoms with van der Waals surface area (Å²) < 4.78 is 10.6. The maximum atomic E-state index is 12.3. The molecule has 122 valence electrons. The Bertz CT molecular complexity index is 841. The highest BCUT2D eigenvalue weighted by Gasteiger charge is 2.17. The lowest BCUT2D eigenvalue weighted by molar-refractivity contribution is 0.0990. The zero-order chi connectivity index (χ0) is 16.9. The first kappa shape index (κ1) is 15.7. The van der Waals surface area contributed by atoms with Crippen molar-refractivity contribution in [3.05, 3.63) is 60.0 Å². The molecule has 6 nitrogen and oxygen atoms in total. The number of nitrogens with zero attached hydrogens (tertiary/aromatic N) is 2. The van der Waals surface area contributed by atoms with Crippen LogP contribution in [0.2, 0.25) is 0 Å². The van der Waals surface area contributed by atoms with E-state index >= 15 is 0 Å². The molecule has 0 saturated heterocycles. The predicted octanol–water partition coefficient (Wildman–Crippen LogP) is 3.56. The van der Waals surface area contributed by atoms with Gasteiger partial charge in [0.1, 0.15) is 5.75 Å². The normalized spacial score (nSPS) is 10.4. The van der Waals surface area contributed by atoms with Crippen LogP contribution in [-0.2, 0) is 6.42 Å². The number of para-hydroxylation sites is 1. The number of hydrogen-bond donors (Lipinski definition) is 1. The van der Waals surface area contributed by atoms with Crippen molar-refractivity contribution in [3.8, 4) is 17.2 Å². The number of anilines is 1. The highest BCUT2D eigenvalue weighted by atomic mass is 16.5. The number of methoxy groups -OCH3 is 1. The van der Waals surface area contributed by atoms with Gasteiger partial charge < -0.3 is 14.5 Å². The quantitative estimate of drug-likeness (QED) is 0.777. The van der Waals surface area contributed by atoms with Crippen molar-refractivity contribution in [1.82, 2.24) is 10.2 Å². The molecular weight excluding hydrogens is 306 g/mol. The topological polar surface area (TPSA) is 77.2 Å². The molecule has 0 fully saturated rings. The summed E-state index contributed by atoms with van der Waals surface area (Å²) in [6.07, 6.45) is 0.817. The fourth-order valence-electron chi connectivity index (χ4n) is 2.29. The van der Waals surface area contributed by atoms with E-state index in [1.807, 2.05) is 31.2 Å². The van der Waals surface area contributed by atoms with Crippen LogP contribution in [0, 0.1) is 0 Å². The Hall–Kier alpha value is -3.15. The van der Waals surface area contributed by atoms with Crippen LogP contribution >= 0.6 is 0 Å². The number of rotatable bonds is 5. The largest absolute Gasteiger partial charge is 0.497 e. The number of aryl methyl sites for hydroxylation is 1. The van der Waals surface area contributed by atoms with E-state index in [4.69, 9.17) is 9.15 Å². The van der Waals surface area contributed by atoms with Crippen molar-refractivity contribution in [2.75, 3.05) is 12.4 Å². The van der Waals surface area contributed by atoms with Crippen LogP contribution in [0.4, 0.5) is 5.69 Å². The standard InChI is InChI=1S/C18H17N3O3/c1-3-12-6-4-5-7-15(12)19-16(22)18-21-20-17(24-18)13-8-10-14(23-2)11-9-13/h4-11H,3H2,1-2H3,(H,19,22). The summed E-state index contributed by atoms with van der Waals surface area (Å²) in [5, 5.41) is 10.6. The average Bonchev–Trinajstić information content (AvgIpc) is 3.12. The molecule has 0 atom stereocenters. The number of carbonyl (C=O) groups excluding carboxylic acids is 1. The first-order valence-electron chi connectivity index (χ1n) is 7.58. The number of aromatic nitrogens is 2. The van der Waals surface area contributed by atoms with E-state index in [0.717, 1.165) is 29.0 Å². The Kier molecular flexibility index (Phi) is 4.56. The molecule has 3 rings (SSSR count). The summed E-state index contributed by atoms with van der Waals surface area (Å²) >= 11 is 0. The number of hydrogen-bond acceptors (Lipinski definition) is 5. The number of nitrogens with one attached hydrogen (secondary N) is 1. The second-order valence-corrected chi connectivity index (χ2v) is 5.11. The summed E-state index contributed by atoms with van der Waals surface area (Å²) in [5.41, 5.74) is 2.51. The zero-order valence-electron chi connectivity index (χ0n) is 13.4. The van der Waals surface area contributed by atoms with E-state index in [-0.39, 0.29) is 11.8 Å². The highest BCUT2D eigenvalue weighted by molar-refractivity contribution is 6.01. The van der Waals surface area contributed by atoms with Crippen molar-refractivity contribution >= 4 is 11.6 Å². The third-order valence-corrected chi connectivity index (χ3v) is 3.60. The van der Waals surface area contributed by atoms with Crippen molar-refractivity contribution in [2.24, 2.45) is 0 Å². The van der Waals surface area contributed by atoms with E-state index in [1.54, 1.807) is 31.4 Å². The van der Waals surface area contributed by atoms with Crippen molar-refractivity contribution < 1.29 is 13.9 Å². The number of carbonyl (C=O) groups is 1. The molecule has 0 aliphatic rings. The Morgan fingerprint density at radius 1 is 1.12 bits per heavy atom. The molecule has 0 bridgehead atoms. The van der Waals surface area contributed by atoms with Crippen LogP contribution in [0.25, 0.3) is 11.5 Å². The lowest BCUT2D eigenvalue weighted by Gasteiger charge is -2.07. The third-order valence-electron chi connectivity index (χ3n) is 3.60. The minimum absolute atomic E-state index is 0.0771. The molecule has 1 heterocycles. The van der Waals surface area contributed by atoms with E-state index in [9.17, 15) is 4.79 Å². The molecule has 3 aromatic rings. The lowest BCUT2D eigenvalue weighted by Crippen LogP contribution is -2.13. The minimum atomic E-state index is -0.428. The minimum Gasteiger partial charge on any atom is -0.497 e. The second kappa shape index (κ2) is 6.95. The monoisotopic (exact) mass is 323 g/mol. The number of amides is 1. The van der Waals surface area contributed by atoms with Gasteiger partial charge in [0.25, 0.3) is 0 Å². The van der Waals surface area contributed by atoms with Gasteiger partial charge in [0.15, 0.2) is 0 Å². The van der Waals surface area contributed by atoms with Crippen LogP contribution < -0.4 is 10.1 Å². The molecule has 0 unspecified atom stereocenters. The molecule has 0 saturated carbocycles. The molecule has 6 heteroatoms. The van der Waals surface area contributed by atoms with Crippen molar-refractivity contribution in [1.29, 1.82) is 0 Å². The maximum absolute atomic E-state index is 12.3. The fourth-order valence-corrected chi connectivity index (χ4v) is 2.29. The van der Waals surface area contributed by atoms with Crippen molar-refractivity contribution in [3.63, 3.8) is 0 Å². The fraction of sp³-hybridized carbons (Fsp3) is 0.167. The van der Waals surface area contributed by atoms with E-state index in [1.165, 1.54) is 0 Å². The molecule has 1 amide bonds. The van der Waals surface area contributed by atoms with Gasteiger partial charge in [-0.25, -0.2) is 0 Å². The molecule has 0 radical (unpaired) electrons. The van der Waals surface area contributed by atoms with Crippen molar-refractivity contribution in [2.45, 2.75) is 13.3 Å². The molecule has 2 aromatic carbocycles. The Morgan fingerprint density at radius 3 is 2.58 bits per heavy atom. The smallest absolute Gasteiger partial charge is 0.313 e. The third kappa shape index (κ3) is 3.27. The van der Waals surface area contributed by atoms with Gasteiger partial charge in [-0.05, 0) is 42.3 Å². The predicted molar refractivity (Wildman–Crippen MR) is 90.1 cm³/mol. The summed E-state index contributed by atoms with van der Waals surface area (Å²) in [5.74, 6) is 0.508. The van der Waals surface area contributed by atoms with Crippen LogP contribution in [0.1, 0.15) is 23.2 Å². The lowest BCUT2D eigenvalue weighted by atomic mass is 10.1. The van der Waals surface area contributed by atoms with Crippen LogP contribution in [0.5, 0.6) is 5.75 Å². The summed E-state index contributed by atoms with van der Waals surface area (Å²) in [6.45, 7) is 2.03. The van der Waals surface area contributed by atoms with E-state index < -0.39 is 5.91 Å².